The molecular weight excluding hydrogens is 276 g/mol. The van der Waals surface area contributed by atoms with E-state index in [9.17, 15) is 4.79 Å². The fraction of sp³-hybridized carbons (Fsp3) is 0. The lowest BCUT2D eigenvalue weighted by atomic mass is 10.2. The molecule has 22 heavy (non-hydrogen) atoms. The standard InChI is InChI=1S/C12H9N.C6H5NO2/c1-3-7-11-9(5-1)10-6-2-4-8-12(10)13-11;8-6(9)5-3-1-2-4-7-5/h1-8,13H;1-4H,(H,8,9). The molecule has 4 heteroatoms. The van der Waals surface area contributed by atoms with Gasteiger partial charge in [-0.3, -0.25) is 0 Å². The summed E-state index contributed by atoms with van der Waals surface area (Å²) in [5, 5.41) is 10.9. The minimum Gasteiger partial charge on any atom is -0.477 e. The third kappa shape index (κ3) is 2.81. The topological polar surface area (TPSA) is 66.0 Å². The van der Waals surface area contributed by atoms with Crippen molar-refractivity contribution in [2.24, 2.45) is 0 Å². The summed E-state index contributed by atoms with van der Waals surface area (Å²) in [6, 6.07) is 21.5. The summed E-state index contributed by atoms with van der Waals surface area (Å²) in [7, 11) is 0. The molecular formula is C18H14N2O2. The average molecular weight is 290 g/mol. The van der Waals surface area contributed by atoms with Crippen LogP contribution in [0.25, 0.3) is 21.8 Å². The molecule has 0 aliphatic rings. The van der Waals surface area contributed by atoms with Gasteiger partial charge in [0.1, 0.15) is 5.69 Å². The number of aromatic carboxylic acids is 1. The van der Waals surface area contributed by atoms with Crippen LogP contribution in [0.15, 0.2) is 72.9 Å². The number of carboxylic acid groups (broad SMARTS) is 1. The van der Waals surface area contributed by atoms with Crippen LogP contribution in [0.5, 0.6) is 0 Å². The summed E-state index contributed by atoms with van der Waals surface area (Å²) in [5.74, 6) is -0.990. The maximum absolute atomic E-state index is 10.1. The molecule has 0 fully saturated rings. The molecule has 0 atom stereocenters. The number of carboxylic acids is 1. The number of benzene rings is 2. The van der Waals surface area contributed by atoms with Crippen LogP contribution in [0.1, 0.15) is 10.5 Å². The monoisotopic (exact) mass is 290 g/mol. The second kappa shape index (κ2) is 6.10. The van der Waals surface area contributed by atoms with Gasteiger partial charge in [0.05, 0.1) is 0 Å². The minimum absolute atomic E-state index is 0.0810. The number of hydrogen-bond acceptors (Lipinski definition) is 2. The summed E-state index contributed by atoms with van der Waals surface area (Å²) < 4.78 is 0. The van der Waals surface area contributed by atoms with Crippen LogP contribution in [0.4, 0.5) is 0 Å². The smallest absolute Gasteiger partial charge is 0.354 e. The van der Waals surface area contributed by atoms with Crippen LogP contribution >= 0.6 is 0 Å². The fourth-order valence-corrected chi connectivity index (χ4v) is 2.29. The molecule has 0 aliphatic heterocycles. The Bertz CT molecular complexity index is 864. The number of para-hydroxylation sites is 2. The third-order valence-corrected chi connectivity index (χ3v) is 3.30. The predicted molar refractivity (Wildman–Crippen MR) is 87.0 cm³/mol. The van der Waals surface area contributed by atoms with Crippen molar-refractivity contribution in [1.82, 2.24) is 9.97 Å². The lowest BCUT2D eigenvalue weighted by molar-refractivity contribution is 0.0690. The molecule has 4 nitrogen and oxygen atoms in total. The van der Waals surface area contributed by atoms with Gasteiger partial charge >= 0.3 is 5.97 Å². The Balaban J connectivity index is 0.000000142. The van der Waals surface area contributed by atoms with Crippen LogP contribution in [0.2, 0.25) is 0 Å². The second-order valence-electron chi connectivity index (χ2n) is 4.74. The van der Waals surface area contributed by atoms with E-state index in [2.05, 4.69) is 58.5 Å². The van der Waals surface area contributed by atoms with Crippen molar-refractivity contribution in [2.45, 2.75) is 0 Å². The van der Waals surface area contributed by atoms with Crippen molar-refractivity contribution < 1.29 is 9.90 Å². The highest BCUT2D eigenvalue weighted by atomic mass is 16.4. The first-order valence-electron chi connectivity index (χ1n) is 6.85. The van der Waals surface area contributed by atoms with E-state index >= 15 is 0 Å². The Morgan fingerprint density at radius 2 is 1.36 bits per heavy atom. The number of rotatable bonds is 1. The zero-order valence-corrected chi connectivity index (χ0v) is 11.7. The number of nitrogens with zero attached hydrogens (tertiary/aromatic N) is 1. The molecule has 2 aromatic carbocycles. The maximum atomic E-state index is 10.1. The van der Waals surface area contributed by atoms with Gasteiger partial charge in [-0.05, 0) is 24.3 Å². The number of nitrogens with one attached hydrogen (secondary N) is 1. The van der Waals surface area contributed by atoms with E-state index in [0.717, 1.165) is 0 Å². The number of H-pyrrole nitrogens is 1. The van der Waals surface area contributed by atoms with E-state index in [1.165, 1.54) is 34.1 Å². The van der Waals surface area contributed by atoms with E-state index in [1.807, 2.05) is 0 Å². The quantitative estimate of drug-likeness (QED) is 0.554. The Kier molecular flexibility index (Phi) is 3.83. The Morgan fingerprint density at radius 1 is 0.818 bits per heavy atom. The van der Waals surface area contributed by atoms with E-state index in [-0.39, 0.29) is 5.69 Å². The summed E-state index contributed by atoms with van der Waals surface area (Å²) in [4.78, 5) is 17.1. The van der Waals surface area contributed by atoms with Crippen molar-refractivity contribution in [3.8, 4) is 0 Å². The maximum Gasteiger partial charge on any atom is 0.354 e. The van der Waals surface area contributed by atoms with Gasteiger partial charge < -0.3 is 10.1 Å². The van der Waals surface area contributed by atoms with Crippen molar-refractivity contribution in [3.05, 3.63) is 78.6 Å². The zero-order chi connectivity index (χ0) is 15.4. The fourth-order valence-electron chi connectivity index (χ4n) is 2.29. The molecule has 4 aromatic rings. The van der Waals surface area contributed by atoms with Crippen molar-refractivity contribution in [1.29, 1.82) is 0 Å². The molecule has 0 bridgehead atoms. The van der Waals surface area contributed by atoms with Crippen molar-refractivity contribution in [2.75, 3.05) is 0 Å². The molecule has 4 rings (SSSR count). The number of fused-ring (bicyclic) bond motifs is 3. The Morgan fingerprint density at radius 3 is 1.82 bits per heavy atom. The molecule has 0 spiro atoms. The molecule has 0 saturated carbocycles. The van der Waals surface area contributed by atoms with E-state index in [1.54, 1.807) is 12.1 Å². The lowest BCUT2D eigenvalue weighted by Gasteiger charge is -1.87. The highest BCUT2D eigenvalue weighted by Crippen LogP contribution is 2.24. The second-order valence-corrected chi connectivity index (χ2v) is 4.74. The van der Waals surface area contributed by atoms with Crippen LogP contribution in [-0.2, 0) is 0 Å². The number of pyridine rings is 1. The molecule has 0 aliphatic carbocycles. The summed E-state index contributed by atoms with van der Waals surface area (Å²) in [6.45, 7) is 0. The highest BCUT2D eigenvalue weighted by molar-refractivity contribution is 6.06. The molecule has 2 heterocycles. The number of aromatic nitrogens is 2. The first-order chi connectivity index (χ1) is 10.8. The first-order valence-corrected chi connectivity index (χ1v) is 6.85. The Hall–Kier alpha value is -3.14. The SMILES string of the molecule is O=C(O)c1ccccn1.c1ccc2c(c1)[nH]c1ccccc12. The van der Waals surface area contributed by atoms with Gasteiger partial charge in [-0.2, -0.15) is 0 Å². The van der Waals surface area contributed by atoms with Gasteiger partial charge in [0.15, 0.2) is 0 Å². The van der Waals surface area contributed by atoms with Gasteiger partial charge in [0.25, 0.3) is 0 Å². The zero-order valence-electron chi connectivity index (χ0n) is 11.7. The van der Waals surface area contributed by atoms with Gasteiger partial charge in [-0.1, -0.05) is 42.5 Å². The van der Waals surface area contributed by atoms with Gasteiger partial charge in [-0.25, -0.2) is 9.78 Å². The third-order valence-electron chi connectivity index (χ3n) is 3.30. The molecule has 108 valence electrons. The molecule has 2 aromatic heterocycles. The predicted octanol–water partition coefficient (Wildman–Crippen LogP) is 4.10. The van der Waals surface area contributed by atoms with Crippen molar-refractivity contribution >= 4 is 27.8 Å². The van der Waals surface area contributed by atoms with Crippen LogP contribution in [0, 0.1) is 0 Å². The van der Waals surface area contributed by atoms with Gasteiger partial charge in [0, 0.05) is 28.0 Å². The minimum atomic E-state index is -0.990. The first kappa shape index (κ1) is 13.8. The molecule has 0 amide bonds. The average Bonchev–Trinajstić information content (AvgIpc) is 2.95. The summed E-state index contributed by atoms with van der Waals surface area (Å²) in [6.07, 6.45) is 1.45. The van der Waals surface area contributed by atoms with E-state index < -0.39 is 5.97 Å². The molecule has 0 unspecified atom stereocenters. The van der Waals surface area contributed by atoms with Gasteiger partial charge in [-0.15, -0.1) is 0 Å². The lowest BCUT2D eigenvalue weighted by Crippen LogP contribution is -1.97. The highest BCUT2D eigenvalue weighted by Gasteiger charge is 2.00. The molecule has 0 saturated heterocycles. The van der Waals surface area contributed by atoms with Crippen LogP contribution in [-0.4, -0.2) is 21.0 Å². The van der Waals surface area contributed by atoms with Crippen LogP contribution < -0.4 is 0 Å². The Labute approximate surface area is 127 Å². The summed E-state index contributed by atoms with van der Waals surface area (Å²) >= 11 is 0. The van der Waals surface area contributed by atoms with E-state index in [0.29, 0.717) is 0 Å². The van der Waals surface area contributed by atoms with E-state index in [4.69, 9.17) is 5.11 Å². The molecule has 0 radical (unpaired) electrons. The normalized spacial score (nSPS) is 10.2. The largest absolute Gasteiger partial charge is 0.477 e. The summed E-state index contributed by atoms with van der Waals surface area (Å²) in [5.41, 5.74) is 2.50. The number of carbonyl (C=O) groups is 1. The number of aromatic amines is 1. The van der Waals surface area contributed by atoms with Gasteiger partial charge in [0.2, 0.25) is 0 Å². The van der Waals surface area contributed by atoms with Crippen LogP contribution in [0.3, 0.4) is 0 Å². The molecule has 2 N–H and O–H groups in total. The number of hydrogen-bond donors (Lipinski definition) is 2. The van der Waals surface area contributed by atoms with Crippen molar-refractivity contribution in [3.63, 3.8) is 0 Å².